The first-order chi connectivity index (χ1) is 12.9. The molecule has 6 heteroatoms. The smallest absolute Gasteiger partial charge is 0.0674 e. The summed E-state index contributed by atoms with van der Waals surface area (Å²) in [4.78, 5) is 10.9. The number of hydroxylamine groups is 2. The SMILES string of the molecule is CC.CC.CC(C)(C)NCC(SN=O)c1ccc2c(c1)C(C)(C)N(O)C2(C)C. The van der Waals surface area contributed by atoms with Crippen LogP contribution >= 0.6 is 11.9 Å². The lowest BCUT2D eigenvalue weighted by atomic mass is 9.88. The molecule has 0 fully saturated rings. The number of rotatable bonds is 5. The minimum absolute atomic E-state index is 0.0262. The largest absolute Gasteiger partial charge is 0.312 e. The van der Waals surface area contributed by atoms with Crippen molar-refractivity contribution >= 4 is 11.9 Å². The predicted molar refractivity (Wildman–Crippen MR) is 123 cm³/mol. The molecule has 1 aliphatic heterocycles. The Labute approximate surface area is 176 Å². The van der Waals surface area contributed by atoms with Crippen LogP contribution in [0.2, 0.25) is 0 Å². The molecule has 0 bridgehead atoms. The Morgan fingerprint density at radius 1 is 1.07 bits per heavy atom. The van der Waals surface area contributed by atoms with E-state index in [-0.39, 0.29) is 10.8 Å². The number of nitrogens with zero attached hydrogens (tertiary/aromatic N) is 2. The van der Waals surface area contributed by atoms with Crippen LogP contribution in [0.3, 0.4) is 0 Å². The van der Waals surface area contributed by atoms with Crippen LogP contribution in [0.5, 0.6) is 0 Å². The van der Waals surface area contributed by atoms with Crippen molar-refractivity contribution in [2.24, 2.45) is 4.58 Å². The van der Waals surface area contributed by atoms with Crippen LogP contribution < -0.4 is 5.32 Å². The highest BCUT2D eigenvalue weighted by Gasteiger charge is 2.48. The van der Waals surface area contributed by atoms with E-state index in [0.717, 1.165) is 28.6 Å². The predicted octanol–water partition coefficient (Wildman–Crippen LogP) is 6.76. The quantitative estimate of drug-likeness (QED) is 0.414. The van der Waals surface area contributed by atoms with Gasteiger partial charge in [0.1, 0.15) is 0 Å². The van der Waals surface area contributed by atoms with Gasteiger partial charge < -0.3 is 10.5 Å². The molecule has 0 spiro atoms. The highest BCUT2D eigenvalue weighted by molar-refractivity contribution is 7.98. The normalized spacial score (nSPS) is 18.1. The van der Waals surface area contributed by atoms with Crippen molar-refractivity contribution in [2.45, 2.75) is 98.0 Å². The molecule has 1 aromatic rings. The van der Waals surface area contributed by atoms with E-state index in [1.165, 1.54) is 5.06 Å². The van der Waals surface area contributed by atoms with E-state index in [1.54, 1.807) is 0 Å². The molecule has 2 N–H and O–H groups in total. The summed E-state index contributed by atoms with van der Waals surface area (Å²) < 4.78 is 3.05. The van der Waals surface area contributed by atoms with Gasteiger partial charge in [0.25, 0.3) is 0 Å². The summed E-state index contributed by atoms with van der Waals surface area (Å²) >= 11 is 1.05. The lowest BCUT2D eigenvalue weighted by Crippen LogP contribution is -2.42. The van der Waals surface area contributed by atoms with Crippen molar-refractivity contribution in [3.63, 3.8) is 0 Å². The number of nitroso groups, excluding NO2 is 1. The monoisotopic (exact) mass is 411 g/mol. The highest BCUT2D eigenvalue weighted by atomic mass is 32.2. The minimum Gasteiger partial charge on any atom is -0.312 e. The van der Waals surface area contributed by atoms with Crippen molar-refractivity contribution < 1.29 is 5.21 Å². The van der Waals surface area contributed by atoms with Gasteiger partial charge in [0.2, 0.25) is 0 Å². The van der Waals surface area contributed by atoms with Crippen LogP contribution in [0.15, 0.2) is 22.8 Å². The maximum absolute atomic E-state index is 10.9. The van der Waals surface area contributed by atoms with Gasteiger partial charge in [-0.3, -0.25) is 0 Å². The van der Waals surface area contributed by atoms with Crippen molar-refractivity contribution in [3.8, 4) is 0 Å². The molecule has 1 aromatic carbocycles. The molecule has 1 aliphatic rings. The zero-order valence-electron chi connectivity index (χ0n) is 19.7. The fourth-order valence-electron chi connectivity index (χ4n) is 3.40. The zero-order chi connectivity index (χ0) is 22.3. The number of fused-ring (bicyclic) bond motifs is 1. The second-order valence-corrected chi connectivity index (χ2v) is 9.46. The van der Waals surface area contributed by atoms with Crippen molar-refractivity contribution in [2.75, 3.05) is 6.54 Å². The van der Waals surface area contributed by atoms with Crippen molar-refractivity contribution in [3.05, 3.63) is 39.8 Å². The maximum atomic E-state index is 10.9. The standard InChI is InChI=1S/C18H29N3O2S.2C2H6/c1-16(2,3)19-11-15(24-20-22)12-8-9-13-14(10-12)18(6,7)21(23)17(13,4)5;2*1-2/h8-10,15,19,23H,11H2,1-7H3;2*1-2H3. The van der Waals surface area contributed by atoms with Gasteiger partial charge in [0.05, 0.1) is 16.3 Å². The third-order valence-electron chi connectivity index (χ3n) is 4.78. The third-order valence-corrected chi connectivity index (χ3v) is 5.56. The van der Waals surface area contributed by atoms with E-state index < -0.39 is 11.1 Å². The Morgan fingerprint density at radius 3 is 2.04 bits per heavy atom. The zero-order valence-corrected chi connectivity index (χ0v) is 20.5. The van der Waals surface area contributed by atoms with E-state index >= 15 is 0 Å². The minimum atomic E-state index is -0.476. The first-order valence-electron chi connectivity index (χ1n) is 10.3. The first-order valence-corrected chi connectivity index (χ1v) is 11.1. The lowest BCUT2D eigenvalue weighted by Gasteiger charge is -2.34. The summed E-state index contributed by atoms with van der Waals surface area (Å²) in [5.74, 6) is 0. The lowest BCUT2D eigenvalue weighted by molar-refractivity contribution is -0.216. The molecule has 0 saturated heterocycles. The van der Waals surface area contributed by atoms with Crippen molar-refractivity contribution in [1.82, 2.24) is 10.4 Å². The van der Waals surface area contributed by atoms with Gasteiger partial charge in [-0.05, 0) is 65.2 Å². The molecular formula is C22H41N3O2S. The van der Waals surface area contributed by atoms with Gasteiger partial charge in [-0.25, -0.2) is 0 Å². The fraction of sp³-hybridized carbons (Fsp3) is 0.727. The van der Waals surface area contributed by atoms with Crippen LogP contribution in [-0.2, 0) is 11.1 Å². The maximum Gasteiger partial charge on any atom is 0.0674 e. The van der Waals surface area contributed by atoms with Crippen LogP contribution in [0.1, 0.15) is 98.1 Å². The molecular weight excluding hydrogens is 370 g/mol. The molecule has 2 rings (SSSR count). The van der Waals surface area contributed by atoms with Gasteiger partial charge in [0.15, 0.2) is 0 Å². The van der Waals surface area contributed by atoms with E-state index in [0.29, 0.717) is 6.54 Å². The van der Waals surface area contributed by atoms with Gasteiger partial charge in [0, 0.05) is 28.6 Å². The Bertz CT molecular complexity index is 625. The van der Waals surface area contributed by atoms with E-state index in [9.17, 15) is 10.1 Å². The fourth-order valence-corrected chi connectivity index (χ4v) is 3.93. The van der Waals surface area contributed by atoms with Gasteiger partial charge in [-0.1, -0.05) is 45.9 Å². The summed E-state index contributed by atoms with van der Waals surface area (Å²) in [5.41, 5.74) is 2.32. The van der Waals surface area contributed by atoms with E-state index in [2.05, 4.69) is 42.8 Å². The molecule has 5 nitrogen and oxygen atoms in total. The molecule has 1 atom stereocenters. The van der Waals surface area contributed by atoms with Crippen molar-refractivity contribution in [1.29, 1.82) is 0 Å². The van der Waals surface area contributed by atoms with Crippen LogP contribution in [0.25, 0.3) is 0 Å². The molecule has 0 amide bonds. The first kappa shape index (κ1) is 27.0. The molecule has 0 radical (unpaired) electrons. The summed E-state index contributed by atoms with van der Waals surface area (Å²) in [7, 11) is 0. The summed E-state index contributed by atoms with van der Waals surface area (Å²) in [6.45, 7) is 23.0. The summed E-state index contributed by atoms with van der Waals surface area (Å²) in [6.07, 6.45) is 0. The molecule has 0 aromatic heterocycles. The van der Waals surface area contributed by atoms with Gasteiger partial charge >= 0.3 is 0 Å². The van der Waals surface area contributed by atoms with Gasteiger partial charge in [-0.15, -0.1) is 4.91 Å². The average molecular weight is 412 g/mol. The molecule has 1 unspecified atom stereocenters. The number of hydrogen-bond donors (Lipinski definition) is 2. The average Bonchev–Trinajstić information content (AvgIpc) is 2.79. The van der Waals surface area contributed by atoms with E-state index in [1.807, 2.05) is 61.5 Å². The molecule has 28 heavy (non-hydrogen) atoms. The molecule has 1 heterocycles. The summed E-state index contributed by atoms with van der Waals surface area (Å²) in [6, 6.07) is 6.22. The second-order valence-electron chi connectivity index (χ2n) is 8.53. The van der Waals surface area contributed by atoms with E-state index in [4.69, 9.17) is 0 Å². The topological polar surface area (TPSA) is 64.9 Å². The van der Waals surface area contributed by atoms with Crippen LogP contribution in [0, 0.1) is 4.91 Å². The highest BCUT2D eigenvalue weighted by Crippen LogP contribution is 2.49. The third kappa shape index (κ3) is 6.02. The van der Waals surface area contributed by atoms with Crippen LogP contribution in [-0.4, -0.2) is 22.4 Å². The number of nitrogens with one attached hydrogen (secondary N) is 1. The molecule has 162 valence electrons. The Balaban J connectivity index is 0.00000171. The number of benzene rings is 1. The molecule has 0 saturated carbocycles. The molecule has 0 aliphatic carbocycles. The Hall–Kier alpha value is -0.950. The number of hydrogen-bond acceptors (Lipinski definition) is 6. The second kappa shape index (κ2) is 10.7. The van der Waals surface area contributed by atoms with Crippen LogP contribution in [0.4, 0.5) is 0 Å². The van der Waals surface area contributed by atoms with Gasteiger partial charge in [-0.2, -0.15) is 5.06 Å². The Kier molecular flexibility index (Phi) is 10.4. The summed E-state index contributed by atoms with van der Waals surface area (Å²) in [5, 5.41) is 15.4. The Morgan fingerprint density at radius 2 is 1.57 bits per heavy atom.